The summed E-state index contributed by atoms with van der Waals surface area (Å²) in [6.45, 7) is 1.54. The largest absolute Gasteiger partial charge is 0.409 e. The minimum atomic E-state index is 0.102. The molecule has 0 atom stereocenters. The number of hydrogen-bond acceptors (Lipinski definition) is 4. The molecule has 3 N–H and O–H groups in total. The van der Waals surface area contributed by atoms with Crippen molar-refractivity contribution in [1.82, 2.24) is 0 Å². The number of ether oxygens (including phenoxy) is 1. The zero-order valence-electron chi connectivity index (χ0n) is 10.6. The number of benzene rings is 1. The van der Waals surface area contributed by atoms with Crippen molar-refractivity contribution in [3.05, 3.63) is 28.2 Å². The van der Waals surface area contributed by atoms with E-state index in [1.54, 1.807) is 7.11 Å². The highest BCUT2D eigenvalue weighted by molar-refractivity contribution is 9.10. The molecule has 18 heavy (non-hydrogen) atoms. The topological polar surface area (TPSA) is 71.1 Å². The molecule has 1 rings (SSSR count). The molecule has 0 aliphatic carbocycles. The molecule has 100 valence electrons. The first-order chi connectivity index (χ1) is 8.60. The molecule has 0 aromatic heterocycles. The summed E-state index contributed by atoms with van der Waals surface area (Å²) in [6.07, 6.45) is 0.915. The van der Waals surface area contributed by atoms with Crippen molar-refractivity contribution in [1.29, 1.82) is 0 Å². The van der Waals surface area contributed by atoms with Crippen LogP contribution in [0.5, 0.6) is 0 Å². The van der Waals surface area contributed by atoms with Gasteiger partial charge in [0.05, 0.1) is 0 Å². The molecule has 1 aromatic carbocycles. The molecule has 6 heteroatoms. The van der Waals surface area contributed by atoms with Crippen molar-refractivity contribution in [2.45, 2.75) is 6.42 Å². The summed E-state index contributed by atoms with van der Waals surface area (Å²) < 4.78 is 5.91. The lowest BCUT2D eigenvalue weighted by atomic mass is 10.1. The Bertz CT molecular complexity index is 424. The molecular weight excluding hydrogens is 298 g/mol. The number of halogens is 1. The van der Waals surface area contributed by atoms with Gasteiger partial charge >= 0.3 is 0 Å². The van der Waals surface area contributed by atoms with Gasteiger partial charge in [-0.05, 0) is 24.6 Å². The van der Waals surface area contributed by atoms with Crippen LogP contribution in [-0.2, 0) is 4.74 Å². The average Bonchev–Trinajstić information content (AvgIpc) is 2.37. The number of nitrogens with zero attached hydrogens (tertiary/aromatic N) is 2. The fourth-order valence-corrected chi connectivity index (χ4v) is 2.03. The lowest BCUT2D eigenvalue weighted by molar-refractivity contribution is 0.196. The highest BCUT2D eigenvalue weighted by Gasteiger charge is 2.11. The minimum Gasteiger partial charge on any atom is -0.409 e. The van der Waals surface area contributed by atoms with Gasteiger partial charge in [0.1, 0.15) is 0 Å². The third-order valence-electron chi connectivity index (χ3n) is 2.60. The normalized spacial score (nSPS) is 11.6. The maximum atomic E-state index is 8.81. The van der Waals surface area contributed by atoms with Crippen LogP contribution in [-0.4, -0.2) is 38.4 Å². The Morgan fingerprint density at radius 2 is 2.28 bits per heavy atom. The van der Waals surface area contributed by atoms with Gasteiger partial charge in [-0.25, -0.2) is 0 Å². The van der Waals surface area contributed by atoms with E-state index < -0.39 is 0 Å². The van der Waals surface area contributed by atoms with Crippen molar-refractivity contribution in [3.8, 4) is 0 Å². The first kappa shape index (κ1) is 14.8. The zero-order chi connectivity index (χ0) is 13.5. The van der Waals surface area contributed by atoms with Crippen molar-refractivity contribution in [2.24, 2.45) is 10.9 Å². The van der Waals surface area contributed by atoms with Crippen molar-refractivity contribution >= 4 is 27.5 Å². The van der Waals surface area contributed by atoms with Crippen LogP contribution in [0.2, 0.25) is 0 Å². The number of anilines is 1. The van der Waals surface area contributed by atoms with E-state index >= 15 is 0 Å². The smallest absolute Gasteiger partial charge is 0.172 e. The van der Waals surface area contributed by atoms with Gasteiger partial charge in [-0.1, -0.05) is 21.1 Å². The van der Waals surface area contributed by atoms with Crippen LogP contribution in [0.4, 0.5) is 5.69 Å². The van der Waals surface area contributed by atoms with E-state index in [4.69, 9.17) is 15.7 Å². The summed E-state index contributed by atoms with van der Waals surface area (Å²) in [5, 5.41) is 11.9. The van der Waals surface area contributed by atoms with Crippen LogP contribution in [0.15, 0.2) is 27.8 Å². The fraction of sp³-hybridized carbons (Fsp3) is 0.417. The molecule has 0 bridgehead atoms. The molecule has 0 fully saturated rings. The molecule has 0 unspecified atom stereocenters. The second kappa shape index (κ2) is 7.23. The number of rotatable bonds is 6. The molecule has 0 heterocycles. The van der Waals surface area contributed by atoms with Gasteiger partial charge in [0.25, 0.3) is 0 Å². The lowest BCUT2D eigenvalue weighted by Gasteiger charge is -2.22. The Kier molecular flexibility index (Phi) is 5.94. The Morgan fingerprint density at radius 1 is 1.56 bits per heavy atom. The van der Waals surface area contributed by atoms with E-state index in [2.05, 4.69) is 26.0 Å². The van der Waals surface area contributed by atoms with Gasteiger partial charge in [-0.2, -0.15) is 0 Å². The maximum absolute atomic E-state index is 8.81. The van der Waals surface area contributed by atoms with E-state index in [-0.39, 0.29) is 5.84 Å². The Labute approximate surface area is 115 Å². The molecule has 0 radical (unpaired) electrons. The van der Waals surface area contributed by atoms with Crippen LogP contribution < -0.4 is 10.6 Å². The predicted molar refractivity (Wildman–Crippen MR) is 76.4 cm³/mol. The number of oxime groups is 1. The van der Waals surface area contributed by atoms with Gasteiger partial charge in [-0.3, -0.25) is 0 Å². The monoisotopic (exact) mass is 315 g/mol. The van der Waals surface area contributed by atoms with E-state index in [1.165, 1.54) is 0 Å². The van der Waals surface area contributed by atoms with Crippen LogP contribution in [0.3, 0.4) is 0 Å². The quantitative estimate of drug-likeness (QED) is 0.277. The molecule has 0 aliphatic heterocycles. The highest BCUT2D eigenvalue weighted by atomic mass is 79.9. The minimum absolute atomic E-state index is 0.102. The summed E-state index contributed by atoms with van der Waals surface area (Å²) in [7, 11) is 3.65. The summed E-state index contributed by atoms with van der Waals surface area (Å²) in [6, 6.07) is 5.69. The van der Waals surface area contributed by atoms with E-state index in [0.717, 1.165) is 23.1 Å². The van der Waals surface area contributed by atoms with Crippen LogP contribution in [0.25, 0.3) is 0 Å². The maximum Gasteiger partial charge on any atom is 0.172 e. The van der Waals surface area contributed by atoms with Gasteiger partial charge < -0.3 is 20.6 Å². The molecule has 0 saturated carbocycles. The molecule has 0 aliphatic rings. The molecule has 0 amide bonds. The lowest BCUT2D eigenvalue weighted by Crippen LogP contribution is -2.24. The van der Waals surface area contributed by atoms with Gasteiger partial charge in [0.2, 0.25) is 0 Å². The van der Waals surface area contributed by atoms with Crippen molar-refractivity contribution < 1.29 is 9.94 Å². The molecule has 0 saturated heterocycles. The second-order valence-corrected chi connectivity index (χ2v) is 4.83. The Balaban J connectivity index is 2.93. The number of hydrogen-bond donors (Lipinski definition) is 2. The summed E-state index contributed by atoms with van der Waals surface area (Å²) in [4.78, 5) is 2.05. The van der Waals surface area contributed by atoms with E-state index in [0.29, 0.717) is 12.2 Å². The van der Waals surface area contributed by atoms with E-state index in [9.17, 15) is 0 Å². The van der Waals surface area contributed by atoms with Crippen LogP contribution in [0.1, 0.15) is 12.0 Å². The summed E-state index contributed by atoms with van der Waals surface area (Å²) in [5.41, 5.74) is 7.31. The Hall–Kier alpha value is -1.27. The number of nitrogens with two attached hydrogens (primary N) is 1. The first-order valence-corrected chi connectivity index (χ1v) is 6.37. The van der Waals surface area contributed by atoms with Gasteiger partial charge in [0.15, 0.2) is 5.84 Å². The SMILES string of the molecule is COCCCN(C)c1ccc(Br)cc1/C(N)=N/O. The third kappa shape index (κ3) is 3.89. The zero-order valence-corrected chi connectivity index (χ0v) is 12.1. The van der Waals surface area contributed by atoms with Gasteiger partial charge in [0, 0.05) is 43.0 Å². The summed E-state index contributed by atoms with van der Waals surface area (Å²) >= 11 is 3.38. The standard InChI is InChI=1S/C12H18BrN3O2/c1-16(6-3-7-18-2)11-5-4-9(13)8-10(11)12(14)15-17/h4-5,8,17H,3,6-7H2,1-2H3,(H2,14,15). The second-order valence-electron chi connectivity index (χ2n) is 3.91. The van der Waals surface area contributed by atoms with E-state index in [1.807, 2.05) is 25.2 Å². The number of amidine groups is 1. The average molecular weight is 316 g/mol. The molecule has 5 nitrogen and oxygen atoms in total. The van der Waals surface area contributed by atoms with Crippen molar-refractivity contribution in [2.75, 3.05) is 32.2 Å². The van der Waals surface area contributed by atoms with Gasteiger partial charge in [-0.15, -0.1) is 0 Å². The van der Waals surface area contributed by atoms with Crippen LogP contribution in [0, 0.1) is 0 Å². The molecular formula is C12H18BrN3O2. The Morgan fingerprint density at radius 3 is 2.89 bits per heavy atom. The number of methoxy groups -OCH3 is 1. The van der Waals surface area contributed by atoms with Crippen LogP contribution >= 0.6 is 15.9 Å². The molecule has 0 spiro atoms. The predicted octanol–water partition coefficient (Wildman–Crippen LogP) is 2.02. The first-order valence-electron chi connectivity index (χ1n) is 5.57. The molecule has 1 aromatic rings. The summed E-state index contributed by atoms with van der Waals surface area (Å²) in [5.74, 6) is 0.102. The van der Waals surface area contributed by atoms with Crippen molar-refractivity contribution in [3.63, 3.8) is 0 Å². The fourth-order valence-electron chi connectivity index (χ4n) is 1.67. The third-order valence-corrected chi connectivity index (χ3v) is 3.09. The highest BCUT2D eigenvalue weighted by Crippen LogP contribution is 2.23.